The van der Waals surface area contributed by atoms with Crippen LogP contribution in [0.1, 0.15) is 66.2 Å². The Morgan fingerprint density at radius 1 is 1.11 bits per heavy atom. The Balaban J connectivity index is 2.25. The molecule has 0 aromatic rings. The normalized spacial score (nSPS) is 19.7. The minimum atomic E-state index is 0.734. The Kier molecular flexibility index (Phi) is 7.92. The molecule has 1 saturated carbocycles. The highest BCUT2D eigenvalue weighted by molar-refractivity contribution is 4.79. The lowest BCUT2D eigenvalue weighted by atomic mass is 9.93. The SMILES string of the molecule is CCN(C(C)CCNCC(C)C)C1CCCCC1. The predicted molar refractivity (Wildman–Crippen MR) is 81.0 cm³/mol. The first kappa shape index (κ1) is 16.0. The van der Waals surface area contributed by atoms with Crippen LogP contribution in [-0.2, 0) is 0 Å². The molecular formula is C16H34N2. The standard InChI is InChI=1S/C16H34N2/c1-5-18(16-9-7-6-8-10-16)15(4)11-12-17-13-14(2)3/h14-17H,5-13H2,1-4H3. The zero-order valence-corrected chi connectivity index (χ0v) is 13.0. The second kappa shape index (κ2) is 8.92. The van der Waals surface area contributed by atoms with E-state index in [-0.39, 0.29) is 0 Å². The van der Waals surface area contributed by atoms with E-state index in [1.165, 1.54) is 51.6 Å². The highest BCUT2D eigenvalue weighted by Gasteiger charge is 2.23. The molecule has 2 heteroatoms. The van der Waals surface area contributed by atoms with E-state index in [4.69, 9.17) is 0 Å². The maximum Gasteiger partial charge on any atom is 0.00979 e. The van der Waals surface area contributed by atoms with Crippen LogP contribution in [0.15, 0.2) is 0 Å². The molecule has 1 atom stereocenters. The summed E-state index contributed by atoms with van der Waals surface area (Å²) < 4.78 is 0. The summed E-state index contributed by atoms with van der Waals surface area (Å²) in [5, 5.41) is 3.57. The Morgan fingerprint density at radius 3 is 2.33 bits per heavy atom. The van der Waals surface area contributed by atoms with Gasteiger partial charge in [-0.25, -0.2) is 0 Å². The van der Waals surface area contributed by atoms with Crippen molar-refractivity contribution in [2.75, 3.05) is 19.6 Å². The highest BCUT2D eigenvalue weighted by atomic mass is 15.2. The van der Waals surface area contributed by atoms with Crippen LogP contribution in [0.4, 0.5) is 0 Å². The van der Waals surface area contributed by atoms with Gasteiger partial charge in [-0.3, -0.25) is 4.90 Å². The molecule has 1 rings (SSSR count). The fraction of sp³-hybridized carbons (Fsp3) is 1.00. The van der Waals surface area contributed by atoms with Crippen molar-refractivity contribution in [2.45, 2.75) is 78.3 Å². The van der Waals surface area contributed by atoms with Crippen molar-refractivity contribution in [3.8, 4) is 0 Å². The van der Waals surface area contributed by atoms with Crippen LogP contribution in [0.25, 0.3) is 0 Å². The highest BCUT2D eigenvalue weighted by Crippen LogP contribution is 2.24. The molecule has 0 spiro atoms. The summed E-state index contributed by atoms with van der Waals surface area (Å²) in [6.07, 6.45) is 8.49. The fourth-order valence-corrected chi connectivity index (χ4v) is 3.21. The summed E-state index contributed by atoms with van der Waals surface area (Å²) in [5.41, 5.74) is 0. The number of nitrogens with one attached hydrogen (secondary N) is 1. The summed E-state index contributed by atoms with van der Waals surface area (Å²) in [6.45, 7) is 12.8. The monoisotopic (exact) mass is 254 g/mol. The van der Waals surface area contributed by atoms with Crippen molar-refractivity contribution in [1.82, 2.24) is 10.2 Å². The van der Waals surface area contributed by atoms with Gasteiger partial charge in [0.2, 0.25) is 0 Å². The van der Waals surface area contributed by atoms with Crippen molar-refractivity contribution in [3.05, 3.63) is 0 Å². The van der Waals surface area contributed by atoms with E-state index < -0.39 is 0 Å². The van der Waals surface area contributed by atoms with Crippen LogP contribution in [-0.4, -0.2) is 36.6 Å². The molecule has 0 saturated heterocycles. The molecule has 0 heterocycles. The van der Waals surface area contributed by atoms with Gasteiger partial charge in [0.1, 0.15) is 0 Å². The predicted octanol–water partition coefficient (Wildman–Crippen LogP) is 3.67. The molecule has 1 aliphatic rings. The zero-order chi connectivity index (χ0) is 13.4. The Hall–Kier alpha value is -0.0800. The van der Waals surface area contributed by atoms with Gasteiger partial charge in [0.25, 0.3) is 0 Å². The van der Waals surface area contributed by atoms with Gasteiger partial charge >= 0.3 is 0 Å². The van der Waals surface area contributed by atoms with Gasteiger partial charge < -0.3 is 5.32 Å². The van der Waals surface area contributed by atoms with Crippen molar-refractivity contribution in [1.29, 1.82) is 0 Å². The van der Waals surface area contributed by atoms with Gasteiger partial charge in [0.05, 0.1) is 0 Å². The summed E-state index contributed by atoms with van der Waals surface area (Å²) >= 11 is 0. The van der Waals surface area contributed by atoms with Crippen LogP contribution in [0.3, 0.4) is 0 Å². The van der Waals surface area contributed by atoms with Crippen LogP contribution in [0.2, 0.25) is 0 Å². The first-order valence-corrected chi connectivity index (χ1v) is 8.11. The van der Waals surface area contributed by atoms with E-state index >= 15 is 0 Å². The summed E-state index contributed by atoms with van der Waals surface area (Å²) in [7, 11) is 0. The van der Waals surface area contributed by atoms with Crippen molar-refractivity contribution in [3.63, 3.8) is 0 Å². The molecule has 0 aromatic carbocycles. The molecule has 2 nitrogen and oxygen atoms in total. The second-order valence-electron chi connectivity index (χ2n) is 6.36. The van der Waals surface area contributed by atoms with E-state index in [1.54, 1.807) is 0 Å². The first-order chi connectivity index (χ1) is 8.65. The lowest BCUT2D eigenvalue weighted by Gasteiger charge is -2.38. The zero-order valence-electron chi connectivity index (χ0n) is 13.0. The van der Waals surface area contributed by atoms with Crippen LogP contribution >= 0.6 is 0 Å². The summed E-state index contributed by atoms with van der Waals surface area (Å²) in [4.78, 5) is 2.75. The molecule has 1 fully saturated rings. The molecule has 108 valence electrons. The van der Waals surface area contributed by atoms with Crippen LogP contribution < -0.4 is 5.32 Å². The maximum absolute atomic E-state index is 3.57. The van der Waals surface area contributed by atoms with E-state index in [1.807, 2.05) is 0 Å². The van der Waals surface area contributed by atoms with E-state index in [2.05, 4.69) is 37.9 Å². The van der Waals surface area contributed by atoms with Gasteiger partial charge in [0, 0.05) is 12.1 Å². The van der Waals surface area contributed by atoms with Gasteiger partial charge in [0.15, 0.2) is 0 Å². The molecule has 0 amide bonds. The van der Waals surface area contributed by atoms with Gasteiger partial charge in [-0.05, 0) is 51.7 Å². The average molecular weight is 254 g/mol. The van der Waals surface area contributed by atoms with Gasteiger partial charge in [-0.15, -0.1) is 0 Å². The third kappa shape index (κ3) is 5.71. The van der Waals surface area contributed by atoms with Crippen LogP contribution in [0, 0.1) is 5.92 Å². The number of nitrogens with zero attached hydrogens (tertiary/aromatic N) is 1. The molecule has 18 heavy (non-hydrogen) atoms. The molecular weight excluding hydrogens is 220 g/mol. The number of hydrogen-bond acceptors (Lipinski definition) is 2. The Morgan fingerprint density at radius 2 is 1.78 bits per heavy atom. The lowest BCUT2D eigenvalue weighted by molar-refractivity contribution is 0.114. The molecule has 0 radical (unpaired) electrons. The topological polar surface area (TPSA) is 15.3 Å². The Bertz CT molecular complexity index is 197. The molecule has 0 aromatic heterocycles. The van der Waals surface area contributed by atoms with Crippen molar-refractivity contribution in [2.24, 2.45) is 5.92 Å². The van der Waals surface area contributed by atoms with E-state index in [0.29, 0.717) is 0 Å². The lowest BCUT2D eigenvalue weighted by Crippen LogP contribution is -2.43. The third-order valence-electron chi connectivity index (χ3n) is 4.27. The minimum absolute atomic E-state index is 0.734. The molecule has 1 N–H and O–H groups in total. The second-order valence-corrected chi connectivity index (χ2v) is 6.36. The largest absolute Gasteiger partial charge is 0.316 e. The number of rotatable bonds is 8. The smallest absolute Gasteiger partial charge is 0.00979 e. The average Bonchev–Trinajstić information content (AvgIpc) is 2.36. The first-order valence-electron chi connectivity index (χ1n) is 8.11. The Labute approximate surface area is 115 Å². The molecule has 0 aliphatic heterocycles. The van der Waals surface area contributed by atoms with E-state index in [9.17, 15) is 0 Å². The summed E-state index contributed by atoms with van der Waals surface area (Å²) in [6, 6.07) is 1.60. The van der Waals surface area contributed by atoms with Crippen molar-refractivity contribution < 1.29 is 0 Å². The minimum Gasteiger partial charge on any atom is -0.316 e. The molecule has 1 unspecified atom stereocenters. The molecule has 0 bridgehead atoms. The van der Waals surface area contributed by atoms with Gasteiger partial charge in [-0.1, -0.05) is 40.0 Å². The van der Waals surface area contributed by atoms with Gasteiger partial charge in [-0.2, -0.15) is 0 Å². The quantitative estimate of drug-likeness (QED) is 0.665. The summed E-state index contributed by atoms with van der Waals surface area (Å²) in [5.74, 6) is 0.765. The number of hydrogen-bond donors (Lipinski definition) is 1. The van der Waals surface area contributed by atoms with Crippen molar-refractivity contribution >= 4 is 0 Å². The van der Waals surface area contributed by atoms with E-state index in [0.717, 1.165) is 24.5 Å². The maximum atomic E-state index is 3.57. The molecule has 1 aliphatic carbocycles. The fourth-order valence-electron chi connectivity index (χ4n) is 3.21. The van der Waals surface area contributed by atoms with Crippen LogP contribution in [0.5, 0.6) is 0 Å². The third-order valence-corrected chi connectivity index (χ3v) is 4.27.